The Labute approximate surface area is 122 Å². The van der Waals surface area contributed by atoms with Gasteiger partial charge in [-0.15, -0.1) is 0 Å². The van der Waals surface area contributed by atoms with Crippen molar-refractivity contribution in [3.8, 4) is 0 Å². The third kappa shape index (κ3) is 4.60. The molecule has 1 aliphatic rings. The smallest absolute Gasteiger partial charge is 0.238 e. The van der Waals surface area contributed by atoms with E-state index >= 15 is 0 Å². The molecule has 1 amide bonds. The summed E-state index contributed by atoms with van der Waals surface area (Å²) >= 11 is 3.37. The van der Waals surface area contributed by atoms with E-state index in [0.717, 1.165) is 29.7 Å². The van der Waals surface area contributed by atoms with Gasteiger partial charge < -0.3 is 11.1 Å². The second kappa shape index (κ2) is 7.03. The number of benzene rings is 1. The van der Waals surface area contributed by atoms with Crippen molar-refractivity contribution >= 4 is 27.5 Å². The molecular weight excluding hydrogens is 306 g/mol. The van der Waals surface area contributed by atoms with Crippen LogP contribution < -0.4 is 11.1 Å². The summed E-state index contributed by atoms with van der Waals surface area (Å²) in [5, 5.41) is 2.92. The molecule has 1 aliphatic heterocycles. The van der Waals surface area contributed by atoms with E-state index in [1.165, 1.54) is 6.42 Å². The van der Waals surface area contributed by atoms with Gasteiger partial charge in [0.2, 0.25) is 5.91 Å². The van der Waals surface area contributed by atoms with Crippen molar-refractivity contribution in [3.05, 3.63) is 28.7 Å². The van der Waals surface area contributed by atoms with E-state index in [4.69, 9.17) is 5.73 Å². The minimum Gasteiger partial charge on any atom is -0.330 e. The summed E-state index contributed by atoms with van der Waals surface area (Å²) in [6.07, 6.45) is 2.31. The number of nitrogens with two attached hydrogens (primary N) is 1. The predicted molar refractivity (Wildman–Crippen MR) is 81.0 cm³/mol. The largest absolute Gasteiger partial charge is 0.330 e. The van der Waals surface area contributed by atoms with Gasteiger partial charge >= 0.3 is 0 Å². The van der Waals surface area contributed by atoms with Crippen molar-refractivity contribution in [2.45, 2.75) is 12.8 Å². The highest BCUT2D eigenvalue weighted by Gasteiger charge is 2.20. The Morgan fingerprint density at radius 1 is 1.42 bits per heavy atom. The van der Waals surface area contributed by atoms with Crippen LogP contribution in [0.4, 0.5) is 5.69 Å². The van der Waals surface area contributed by atoms with Gasteiger partial charge in [-0.05, 0) is 56.1 Å². The number of rotatable bonds is 4. The highest BCUT2D eigenvalue weighted by molar-refractivity contribution is 9.10. The molecule has 1 saturated heterocycles. The average Bonchev–Trinajstić information content (AvgIpc) is 2.41. The molecule has 0 aliphatic carbocycles. The van der Waals surface area contributed by atoms with E-state index in [1.807, 2.05) is 24.3 Å². The number of hydrogen-bond donors (Lipinski definition) is 2. The van der Waals surface area contributed by atoms with Crippen LogP contribution in [0.3, 0.4) is 0 Å². The Morgan fingerprint density at radius 3 is 2.84 bits per heavy atom. The van der Waals surface area contributed by atoms with Crippen molar-refractivity contribution in [3.63, 3.8) is 0 Å². The van der Waals surface area contributed by atoms with Crippen LogP contribution in [0.5, 0.6) is 0 Å². The van der Waals surface area contributed by atoms with Gasteiger partial charge in [-0.2, -0.15) is 0 Å². The first-order chi connectivity index (χ1) is 9.17. The van der Waals surface area contributed by atoms with Crippen molar-refractivity contribution in [1.29, 1.82) is 0 Å². The molecule has 104 valence electrons. The maximum absolute atomic E-state index is 12.0. The number of hydrogen-bond acceptors (Lipinski definition) is 3. The molecule has 2 rings (SSSR count). The Kier molecular flexibility index (Phi) is 5.36. The fourth-order valence-electron chi connectivity index (χ4n) is 2.42. The van der Waals surface area contributed by atoms with Gasteiger partial charge in [-0.3, -0.25) is 9.69 Å². The third-order valence-electron chi connectivity index (χ3n) is 3.43. The molecule has 1 heterocycles. The molecule has 5 heteroatoms. The Bertz CT molecular complexity index is 421. The summed E-state index contributed by atoms with van der Waals surface area (Å²) in [5.41, 5.74) is 6.54. The monoisotopic (exact) mass is 325 g/mol. The first-order valence-corrected chi connectivity index (χ1v) is 7.44. The lowest BCUT2D eigenvalue weighted by Crippen LogP contribution is -2.42. The number of amides is 1. The quantitative estimate of drug-likeness (QED) is 0.890. The molecule has 1 atom stereocenters. The zero-order valence-electron chi connectivity index (χ0n) is 10.9. The molecule has 1 fully saturated rings. The standard InChI is InChI=1S/C14H20BrN3O/c15-12-3-5-13(6-4-12)17-14(19)10-18-7-1-2-11(8-16)9-18/h3-6,11H,1-2,7-10,16H2,(H,17,19). The molecule has 19 heavy (non-hydrogen) atoms. The van der Waals surface area contributed by atoms with Gasteiger partial charge in [0.05, 0.1) is 6.54 Å². The SMILES string of the molecule is NCC1CCCN(CC(=O)Nc2ccc(Br)cc2)C1. The fourth-order valence-corrected chi connectivity index (χ4v) is 2.69. The van der Waals surface area contributed by atoms with E-state index in [0.29, 0.717) is 19.0 Å². The van der Waals surface area contributed by atoms with Gasteiger partial charge in [0, 0.05) is 16.7 Å². The van der Waals surface area contributed by atoms with E-state index in [2.05, 4.69) is 26.1 Å². The van der Waals surface area contributed by atoms with Crippen LogP contribution in [0.1, 0.15) is 12.8 Å². The van der Waals surface area contributed by atoms with E-state index in [9.17, 15) is 4.79 Å². The van der Waals surface area contributed by atoms with Crippen LogP contribution >= 0.6 is 15.9 Å². The summed E-state index contributed by atoms with van der Waals surface area (Å²) in [6.45, 7) is 3.09. The number of carbonyl (C=O) groups excluding carboxylic acids is 1. The maximum Gasteiger partial charge on any atom is 0.238 e. The minimum atomic E-state index is 0.0417. The van der Waals surface area contributed by atoms with Crippen molar-refractivity contribution < 1.29 is 4.79 Å². The van der Waals surface area contributed by atoms with Crippen LogP contribution in [-0.4, -0.2) is 37.0 Å². The van der Waals surface area contributed by atoms with E-state index in [1.54, 1.807) is 0 Å². The molecule has 1 aromatic rings. The normalized spacial score (nSPS) is 20.2. The number of anilines is 1. The highest BCUT2D eigenvalue weighted by atomic mass is 79.9. The first-order valence-electron chi connectivity index (χ1n) is 6.65. The fraction of sp³-hybridized carbons (Fsp3) is 0.500. The van der Waals surface area contributed by atoms with Crippen molar-refractivity contribution in [1.82, 2.24) is 4.90 Å². The lowest BCUT2D eigenvalue weighted by Gasteiger charge is -2.31. The zero-order valence-corrected chi connectivity index (χ0v) is 12.5. The number of halogens is 1. The summed E-state index contributed by atoms with van der Waals surface area (Å²) in [5.74, 6) is 0.578. The lowest BCUT2D eigenvalue weighted by atomic mass is 9.98. The van der Waals surface area contributed by atoms with Gasteiger partial charge in [-0.1, -0.05) is 15.9 Å². The van der Waals surface area contributed by atoms with Crippen LogP contribution in [0.25, 0.3) is 0 Å². The third-order valence-corrected chi connectivity index (χ3v) is 3.96. The number of piperidine rings is 1. The van der Waals surface area contributed by atoms with Gasteiger partial charge in [0.1, 0.15) is 0 Å². The minimum absolute atomic E-state index is 0.0417. The molecule has 0 spiro atoms. The molecule has 0 aromatic heterocycles. The summed E-state index contributed by atoms with van der Waals surface area (Å²) in [4.78, 5) is 14.2. The van der Waals surface area contributed by atoms with E-state index in [-0.39, 0.29) is 5.91 Å². The maximum atomic E-state index is 12.0. The zero-order chi connectivity index (χ0) is 13.7. The molecule has 0 saturated carbocycles. The summed E-state index contributed by atoms with van der Waals surface area (Å²) in [6, 6.07) is 7.61. The van der Waals surface area contributed by atoms with Crippen LogP contribution in [0, 0.1) is 5.92 Å². The number of nitrogens with zero attached hydrogens (tertiary/aromatic N) is 1. The van der Waals surface area contributed by atoms with Crippen LogP contribution in [0.2, 0.25) is 0 Å². The second-order valence-corrected chi connectivity index (χ2v) is 5.95. The topological polar surface area (TPSA) is 58.4 Å². The van der Waals surface area contributed by atoms with Gasteiger partial charge in [-0.25, -0.2) is 0 Å². The predicted octanol–water partition coefficient (Wildman–Crippen LogP) is 2.06. The van der Waals surface area contributed by atoms with Crippen LogP contribution in [0.15, 0.2) is 28.7 Å². The lowest BCUT2D eigenvalue weighted by molar-refractivity contribution is -0.117. The Morgan fingerprint density at radius 2 is 2.16 bits per heavy atom. The summed E-state index contributed by atoms with van der Waals surface area (Å²) in [7, 11) is 0. The van der Waals surface area contributed by atoms with Crippen molar-refractivity contribution in [2.24, 2.45) is 11.7 Å². The molecule has 0 bridgehead atoms. The molecule has 1 aromatic carbocycles. The number of likely N-dealkylation sites (tertiary alicyclic amines) is 1. The van der Waals surface area contributed by atoms with E-state index < -0.39 is 0 Å². The highest BCUT2D eigenvalue weighted by Crippen LogP contribution is 2.16. The van der Waals surface area contributed by atoms with Crippen molar-refractivity contribution in [2.75, 3.05) is 31.5 Å². The first kappa shape index (κ1) is 14.5. The second-order valence-electron chi connectivity index (χ2n) is 5.03. The van der Waals surface area contributed by atoms with Gasteiger partial charge in [0.15, 0.2) is 0 Å². The molecule has 4 nitrogen and oxygen atoms in total. The molecule has 0 radical (unpaired) electrons. The Hall–Kier alpha value is -0.910. The Balaban J connectivity index is 1.82. The number of carbonyl (C=O) groups is 1. The average molecular weight is 326 g/mol. The number of nitrogens with one attached hydrogen (secondary N) is 1. The molecule has 1 unspecified atom stereocenters. The van der Waals surface area contributed by atoms with Crippen LogP contribution in [-0.2, 0) is 4.79 Å². The summed E-state index contributed by atoms with van der Waals surface area (Å²) < 4.78 is 1.01. The molecule has 3 N–H and O–H groups in total. The molecular formula is C14H20BrN3O. The van der Waals surface area contributed by atoms with Gasteiger partial charge in [0.25, 0.3) is 0 Å².